The third-order valence-electron chi connectivity index (χ3n) is 2.58. The molecule has 0 saturated heterocycles. The lowest BCUT2D eigenvalue weighted by Crippen LogP contribution is -2.23. The minimum Gasteiger partial charge on any atom is -0.466 e. The Morgan fingerprint density at radius 1 is 1.62 bits per heavy atom. The average molecular weight is 295 g/mol. The normalized spacial score (nSPS) is 13.0. The Bertz CT molecular complexity index is 583. The summed E-state index contributed by atoms with van der Waals surface area (Å²) >= 11 is 0. The van der Waals surface area contributed by atoms with Gasteiger partial charge >= 0.3 is 11.7 Å². The van der Waals surface area contributed by atoms with E-state index in [1.165, 1.54) is 0 Å². The molecule has 112 valence electrons. The van der Waals surface area contributed by atoms with E-state index in [2.05, 4.69) is 9.72 Å². The van der Waals surface area contributed by atoms with Crippen LogP contribution in [-0.2, 0) is 9.53 Å². The minimum atomic E-state index is -1.56. The fourth-order valence-corrected chi connectivity index (χ4v) is 1.58. The molecule has 21 heavy (non-hydrogen) atoms. The van der Waals surface area contributed by atoms with E-state index in [9.17, 15) is 25.1 Å². The molecule has 1 aromatic heterocycles. The Hall–Kier alpha value is -2.57. The van der Waals surface area contributed by atoms with Crippen molar-refractivity contribution >= 4 is 11.7 Å². The number of nitriles is 1. The number of hydrogen-bond donors (Lipinski definition) is 2. The van der Waals surface area contributed by atoms with Gasteiger partial charge in [-0.15, -0.1) is 0 Å². The Balaban J connectivity index is 2.95. The second-order valence-electron chi connectivity index (χ2n) is 4.03. The van der Waals surface area contributed by atoms with Crippen LogP contribution in [0.1, 0.15) is 30.7 Å². The first-order chi connectivity index (χ1) is 9.90. The molecule has 2 unspecified atom stereocenters. The van der Waals surface area contributed by atoms with Crippen molar-refractivity contribution in [2.75, 3.05) is 6.61 Å². The molecule has 0 aliphatic heterocycles. The zero-order valence-corrected chi connectivity index (χ0v) is 11.1. The van der Waals surface area contributed by atoms with Crippen molar-refractivity contribution in [1.82, 2.24) is 4.98 Å². The van der Waals surface area contributed by atoms with Crippen LogP contribution in [0.25, 0.3) is 0 Å². The number of nitrogens with zero attached hydrogens (tertiary/aromatic N) is 3. The molecule has 0 saturated carbocycles. The lowest BCUT2D eigenvalue weighted by molar-refractivity contribution is -0.385. The van der Waals surface area contributed by atoms with Gasteiger partial charge in [0.1, 0.15) is 12.2 Å². The number of aliphatic hydroxyl groups excluding tert-OH is 2. The molecular formula is C12H13N3O6. The van der Waals surface area contributed by atoms with E-state index in [4.69, 9.17) is 5.26 Å². The summed E-state index contributed by atoms with van der Waals surface area (Å²) in [6, 6.07) is 2.49. The number of aliphatic hydroxyl groups is 2. The molecule has 0 amide bonds. The summed E-state index contributed by atoms with van der Waals surface area (Å²) in [6.45, 7) is 1.72. The number of aromatic nitrogens is 1. The molecule has 2 atom stereocenters. The maximum Gasteiger partial charge on any atom is 0.308 e. The van der Waals surface area contributed by atoms with Crippen LogP contribution in [0.4, 0.5) is 5.69 Å². The molecule has 0 aliphatic rings. The van der Waals surface area contributed by atoms with Crippen molar-refractivity contribution in [3.05, 3.63) is 33.6 Å². The smallest absolute Gasteiger partial charge is 0.308 e. The van der Waals surface area contributed by atoms with Gasteiger partial charge in [-0.1, -0.05) is 0 Å². The van der Waals surface area contributed by atoms with Gasteiger partial charge in [-0.3, -0.25) is 14.9 Å². The van der Waals surface area contributed by atoms with Crippen LogP contribution in [0.3, 0.4) is 0 Å². The zero-order chi connectivity index (χ0) is 16.0. The number of carbonyl (C=O) groups excluding carboxylic acids is 1. The molecule has 0 aliphatic carbocycles. The first-order valence-electron chi connectivity index (χ1n) is 5.96. The summed E-state index contributed by atoms with van der Waals surface area (Å²) in [7, 11) is 0. The van der Waals surface area contributed by atoms with Gasteiger partial charge < -0.3 is 14.9 Å². The summed E-state index contributed by atoms with van der Waals surface area (Å²) in [4.78, 5) is 24.7. The Labute approximate surface area is 119 Å². The Morgan fingerprint density at radius 3 is 2.81 bits per heavy atom. The zero-order valence-electron chi connectivity index (χ0n) is 11.1. The summed E-state index contributed by atoms with van der Waals surface area (Å²) in [5.41, 5.74) is -1.06. The van der Waals surface area contributed by atoms with Gasteiger partial charge in [-0.25, -0.2) is 4.98 Å². The highest BCUT2D eigenvalue weighted by molar-refractivity contribution is 5.70. The highest BCUT2D eigenvalue weighted by Gasteiger charge is 2.25. The Morgan fingerprint density at radius 2 is 2.29 bits per heavy atom. The van der Waals surface area contributed by atoms with Crippen molar-refractivity contribution < 1.29 is 24.7 Å². The highest BCUT2D eigenvalue weighted by atomic mass is 16.6. The predicted octanol–water partition coefficient (Wildman–Crippen LogP) is 0.209. The SMILES string of the molecule is CCOC(=O)CC(O)C(O)c1cnc(C#N)c([N+](=O)[O-])c1. The lowest BCUT2D eigenvalue weighted by atomic mass is 10.0. The number of ether oxygens (including phenoxy) is 1. The van der Waals surface area contributed by atoms with E-state index in [0.29, 0.717) is 0 Å². The largest absolute Gasteiger partial charge is 0.466 e. The number of pyridine rings is 1. The van der Waals surface area contributed by atoms with Gasteiger partial charge in [0.05, 0.1) is 24.1 Å². The van der Waals surface area contributed by atoms with Gasteiger partial charge in [0.2, 0.25) is 5.69 Å². The van der Waals surface area contributed by atoms with E-state index >= 15 is 0 Å². The van der Waals surface area contributed by atoms with Crippen molar-refractivity contribution in [3.63, 3.8) is 0 Å². The van der Waals surface area contributed by atoms with E-state index < -0.39 is 40.9 Å². The number of hydrogen-bond acceptors (Lipinski definition) is 8. The first-order valence-corrected chi connectivity index (χ1v) is 5.96. The summed E-state index contributed by atoms with van der Waals surface area (Å²) in [5.74, 6) is -0.708. The molecule has 1 heterocycles. The second-order valence-corrected chi connectivity index (χ2v) is 4.03. The van der Waals surface area contributed by atoms with Crippen molar-refractivity contribution in [1.29, 1.82) is 5.26 Å². The van der Waals surface area contributed by atoms with Crippen LogP contribution in [0, 0.1) is 21.4 Å². The minimum absolute atomic E-state index is 0.0718. The van der Waals surface area contributed by atoms with Crippen LogP contribution >= 0.6 is 0 Å². The maximum absolute atomic E-state index is 11.2. The monoisotopic (exact) mass is 295 g/mol. The van der Waals surface area contributed by atoms with Crippen LogP contribution in [-0.4, -0.2) is 38.8 Å². The predicted molar refractivity (Wildman–Crippen MR) is 67.8 cm³/mol. The number of esters is 1. The van der Waals surface area contributed by atoms with Gasteiger partial charge in [0.25, 0.3) is 0 Å². The fourth-order valence-electron chi connectivity index (χ4n) is 1.58. The van der Waals surface area contributed by atoms with Gasteiger partial charge in [-0.2, -0.15) is 5.26 Å². The molecule has 9 nitrogen and oxygen atoms in total. The summed E-state index contributed by atoms with van der Waals surface area (Å²) in [5, 5.41) is 39.1. The molecule has 1 aromatic rings. The van der Waals surface area contributed by atoms with E-state index in [1.54, 1.807) is 13.0 Å². The van der Waals surface area contributed by atoms with E-state index in [0.717, 1.165) is 12.3 Å². The molecule has 0 fully saturated rings. The molecular weight excluding hydrogens is 282 g/mol. The topological polar surface area (TPSA) is 147 Å². The standard InChI is InChI=1S/C12H13N3O6/c1-2-21-11(17)4-10(16)12(18)7-3-9(15(19)20)8(5-13)14-6-7/h3,6,10,12,16,18H,2,4H2,1H3. The van der Waals surface area contributed by atoms with Crippen molar-refractivity contribution in [3.8, 4) is 6.07 Å². The summed E-state index contributed by atoms with van der Waals surface area (Å²) in [6.07, 6.45) is -2.50. The van der Waals surface area contributed by atoms with Crippen LogP contribution in [0.2, 0.25) is 0 Å². The summed E-state index contributed by atoms with van der Waals surface area (Å²) < 4.78 is 4.62. The number of nitro groups is 1. The average Bonchev–Trinajstić information content (AvgIpc) is 2.45. The van der Waals surface area contributed by atoms with Crippen LogP contribution in [0.5, 0.6) is 0 Å². The molecule has 0 radical (unpaired) electrons. The number of rotatable bonds is 6. The van der Waals surface area contributed by atoms with Crippen LogP contribution in [0.15, 0.2) is 12.3 Å². The first kappa shape index (κ1) is 16.5. The van der Waals surface area contributed by atoms with Gasteiger partial charge in [-0.05, 0) is 6.92 Å². The van der Waals surface area contributed by atoms with Crippen molar-refractivity contribution in [2.45, 2.75) is 25.6 Å². The molecule has 0 bridgehead atoms. The molecule has 1 rings (SSSR count). The quantitative estimate of drug-likeness (QED) is 0.430. The third-order valence-corrected chi connectivity index (χ3v) is 2.58. The van der Waals surface area contributed by atoms with Crippen molar-refractivity contribution in [2.24, 2.45) is 0 Å². The lowest BCUT2D eigenvalue weighted by Gasteiger charge is -2.17. The molecule has 0 aromatic carbocycles. The third kappa shape index (κ3) is 4.20. The van der Waals surface area contributed by atoms with E-state index in [1.807, 2.05) is 0 Å². The number of carbonyl (C=O) groups is 1. The van der Waals surface area contributed by atoms with Gasteiger partial charge in [0.15, 0.2) is 0 Å². The highest BCUT2D eigenvalue weighted by Crippen LogP contribution is 2.24. The Kier molecular flexibility index (Phi) is 5.71. The molecule has 0 spiro atoms. The second kappa shape index (κ2) is 7.28. The van der Waals surface area contributed by atoms with Crippen LogP contribution < -0.4 is 0 Å². The molecule has 2 N–H and O–H groups in total. The molecule has 9 heteroatoms. The maximum atomic E-state index is 11.2. The van der Waals surface area contributed by atoms with Gasteiger partial charge in [0, 0.05) is 17.8 Å². The fraction of sp³-hybridized carbons (Fsp3) is 0.417. The van der Waals surface area contributed by atoms with E-state index in [-0.39, 0.29) is 12.2 Å².